The molecule has 0 fully saturated rings. The highest BCUT2D eigenvalue weighted by Gasteiger charge is 2.28. The van der Waals surface area contributed by atoms with Gasteiger partial charge in [-0.25, -0.2) is 4.79 Å². The maximum Gasteiger partial charge on any atom is 0.341 e. The molecule has 6 heteroatoms. The third kappa shape index (κ3) is 3.85. The van der Waals surface area contributed by atoms with E-state index in [4.69, 9.17) is 9.47 Å². The SMILES string of the molecule is CCOC(=O)c1c(NC(=O)Cc2ccc(OC)cc2)sc2c1CCC2. The maximum atomic E-state index is 12.4. The number of rotatable bonds is 6. The fraction of sp³-hybridized carbons (Fsp3) is 0.368. The Hall–Kier alpha value is -2.34. The monoisotopic (exact) mass is 359 g/mol. The van der Waals surface area contributed by atoms with E-state index in [2.05, 4.69) is 5.32 Å². The summed E-state index contributed by atoms with van der Waals surface area (Å²) in [5, 5.41) is 3.52. The molecule has 5 nitrogen and oxygen atoms in total. The molecule has 0 bridgehead atoms. The molecule has 1 aromatic carbocycles. The first-order valence-electron chi connectivity index (χ1n) is 8.36. The minimum atomic E-state index is -0.346. The zero-order valence-electron chi connectivity index (χ0n) is 14.4. The van der Waals surface area contributed by atoms with Crippen LogP contribution in [-0.2, 0) is 28.8 Å². The number of anilines is 1. The van der Waals surface area contributed by atoms with Gasteiger partial charge in [0.2, 0.25) is 5.91 Å². The summed E-state index contributed by atoms with van der Waals surface area (Å²) in [6.07, 6.45) is 3.12. The van der Waals surface area contributed by atoms with E-state index in [-0.39, 0.29) is 18.3 Å². The molecule has 1 aromatic heterocycles. The topological polar surface area (TPSA) is 64.6 Å². The summed E-state index contributed by atoms with van der Waals surface area (Å²) in [7, 11) is 1.61. The molecular weight excluding hydrogens is 338 g/mol. The van der Waals surface area contributed by atoms with Gasteiger partial charge in [0.15, 0.2) is 0 Å². The van der Waals surface area contributed by atoms with Gasteiger partial charge in [0.1, 0.15) is 10.8 Å². The fourth-order valence-corrected chi connectivity index (χ4v) is 4.30. The van der Waals surface area contributed by atoms with E-state index in [9.17, 15) is 9.59 Å². The molecular formula is C19H21NO4S. The quantitative estimate of drug-likeness (QED) is 0.801. The van der Waals surface area contributed by atoms with Crippen LogP contribution >= 0.6 is 11.3 Å². The normalized spacial score (nSPS) is 12.6. The van der Waals surface area contributed by atoms with Gasteiger partial charge in [-0.1, -0.05) is 12.1 Å². The third-order valence-corrected chi connectivity index (χ3v) is 5.38. The molecule has 0 unspecified atom stereocenters. The first kappa shape index (κ1) is 17.5. The Labute approximate surface area is 151 Å². The Kier molecular flexibility index (Phi) is 5.38. The van der Waals surface area contributed by atoms with Crippen LogP contribution in [0.1, 0.15) is 39.7 Å². The van der Waals surface area contributed by atoms with Gasteiger partial charge in [-0.3, -0.25) is 4.79 Å². The maximum absolute atomic E-state index is 12.4. The first-order chi connectivity index (χ1) is 12.1. The van der Waals surface area contributed by atoms with Gasteiger partial charge in [-0.2, -0.15) is 0 Å². The summed E-state index contributed by atoms with van der Waals surface area (Å²) in [4.78, 5) is 25.9. The van der Waals surface area contributed by atoms with Crippen LogP contribution in [0.15, 0.2) is 24.3 Å². The molecule has 0 atom stereocenters. The number of hydrogen-bond acceptors (Lipinski definition) is 5. The van der Waals surface area contributed by atoms with E-state index in [1.807, 2.05) is 24.3 Å². The molecule has 25 heavy (non-hydrogen) atoms. The standard InChI is InChI=1S/C19H21NO4S/c1-3-24-19(22)17-14-5-4-6-15(14)25-18(17)20-16(21)11-12-7-9-13(23-2)10-8-12/h7-10H,3-6,11H2,1-2H3,(H,20,21). The molecule has 0 aliphatic heterocycles. The van der Waals surface area contributed by atoms with Crippen LogP contribution in [0.4, 0.5) is 5.00 Å². The lowest BCUT2D eigenvalue weighted by molar-refractivity contribution is -0.115. The number of fused-ring (bicyclic) bond motifs is 1. The Morgan fingerprint density at radius 2 is 1.96 bits per heavy atom. The van der Waals surface area contributed by atoms with Crippen molar-refractivity contribution < 1.29 is 19.1 Å². The van der Waals surface area contributed by atoms with Crippen LogP contribution in [0, 0.1) is 0 Å². The average Bonchev–Trinajstić information content (AvgIpc) is 3.16. The van der Waals surface area contributed by atoms with E-state index in [1.165, 1.54) is 16.2 Å². The molecule has 1 aliphatic rings. The highest BCUT2D eigenvalue weighted by molar-refractivity contribution is 7.17. The lowest BCUT2D eigenvalue weighted by Gasteiger charge is -2.08. The Morgan fingerprint density at radius 3 is 2.64 bits per heavy atom. The Bertz CT molecular complexity index is 779. The Balaban J connectivity index is 1.75. The van der Waals surface area contributed by atoms with Gasteiger partial charge >= 0.3 is 5.97 Å². The summed E-state index contributed by atoms with van der Waals surface area (Å²) < 4.78 is 10.3. The fourth-order valence-electron chi connectivity index (χ4n) is 3.01. The molecule has 0 saturated heterocycles. The van der Waals surface area contributed by atoms with Gasteiger partial charge < -0.3 is 14.8 Å². The summed E-state index contributed by atoms with van der Waals surface area (Å²) in [5.74, 6) is 0.265. The molecule has 1 amide bonds. The second kappa shape index (κ2) is 7.70. The zero-order chi connectivity index (χ0) is 17.8. The molecule has 1 N–H and O–H groups in total. The first-order valence-corrected chi connectivity index (χ1v) is 9.18. The van der Waals surface area contributed by atoms with Crippen LogP contribution in [0.5, 0.6) is 5.75 Å². The van der Waals surface area contributed by atoms with E-state index in [0.717, 1.165) is 36.1 Å². The second-order valence-electron chi connectivity index (χ2n) is 5.85. The van der Waals surface area contributed by atoms with Crippen molar-refractivity contribution in [3.05, 3.63) is 45.8 Å². The summed E-state index contributed by atoms with van der Waals surface area (Å²) in [6.45, 7) is 2.11. The summed E-state index contributed by atoms with van der Waals surface area (Å²) >= 11 is 1.49. The van der Waals surface area contributed by atoms with Gasteiger partial charge in [0.05, 0.1) is 25.7 Å². The van der Waals surface area contributed by atoms with Crippen LogP contribution in [-0.4, -0.2) is 25.6 Å². The number of amides is 1. The summed E-state index contributed by atoms with van der Waals surface area (Å²) in [5.41, 5.74) is 2.48. The van der Waals surface area contributed by atoms with Crippen LogP contribution in [0.2, 0.25) is 0 Å². The number of carbonyl (C=O) groups excluding carboxylic acids is 2. The molecule has 2 aromatic rings. The van der Waals surface area contributed by atoms with E-state index >= 15 is 0 Å². The van der Waals surface area contributed by atoms with E-state index in [1.54, 1.807) is 14.0 Å². The smallest absolute Gasteiger partial charge is 0.341 e. The number of hydrogen-bond donors (Lipinski definition) is 1. The summed E-state index contributed by atoms with van der Waals surface area (Å²) in [6, 6.07) is 7.37. The van der Waals surface area contributed by atoms with Gasteiger partial charge in [0, 0.05) is 4.88 Å². The molecule has 1 aliphatic carbocycles. The minimum Gasteiger partial charge on any atom is -0.497 e. The number of thiophene rings is 1. The van der Waals surface area contributed by atoms with E-state index < -0.39 is 0 Å². The number of methoxy groups -OCH3 is 1. The lowest BCUT2D eigenvalue weighted by Crippen LogP contribution is -2.16. The van der Waals surface area contributed by atoms with E-state index in [0.29, 0.717) is 17.2 Å². The number of carbonyl (C=O) groups is 2. The van der Waals surface area contributed by atoms with Crippen molar-refractivity contribution >= 4 is 28.2 Å². The predicted octanol–water partition coefficient (Wildman–Crippen LogP) is 3.60. The van der Waals surface area contributed by atoms with Crippen LogP contribution < -0.4 is 10.1 Å². The molecule has 0 spiro atoms. The third-order valence-electron chi connectivity index (χ3n) is 4.18. The van der Waals surface area contributed by atoms with Crippen molar-refractivity contribution in [3.8, 4) is 5.75 Å². The molecule has 3 rings (SSSR count). The molecule has 1 heterocycles. The van der Waals surface area contributed by atoms with Gasteiger partial charge in [-0.15, -0.1) is 11.3 Å². The number of nitrogens with one attached hydrogen (secondary N) is 1. The molecule has 132 valence electrons. The van der Waals surface area contributed by atoms with Crippen molar-refractivity contribution in [1.82, 2.24) is 0 Å². The minimum absolute atomic E-state index is 0.143. The molecule has 0 saturated carbocycles. The predicted molar refractivity (Wildman–Crippen MR) is 97.6 cm³/mol. The highest BCUT2D eigenvalue weighted by atomic mass is 32.1. The van der Waals surface area contributed by atoms with Crippen LogP contribution in [0.3, 0.4) is 0 Å². The largest absolute Gasteiger partial charge is 0.497 e. The lowest BCUT2D eigenvalue weighted by atomic mass is 10.1. The zero-order valence-corrected chi connectivity index (χ0v) is 15.2. The number of aryl methyl sites for hydroxylation is 1. The van der Waals surface area contributed by atoms with Crippen molar-refractivity contribution in [2.45, 2.75) is 32.6 Å². The Morgan fingerprint density at radius 1 is 1.20 bits per heavy atom. The van der Waals surface area contributed by atoms with Crippen molar-refractivity contribution in [1.29, 1.82) is 0 Å². The molecule has 0 radical (unpaired) electrons. The van der Waals surface area contributed by atoms with Crippen molar-refractivity contribution in [2.75, 3.05) is 19.0 Å². The number of ether oxygens (including phenoxy) is 2. The number of esters is 1. The average molecular weight is 359 g/mol. The van der Waals surface area contributed by atoms with Gasteiger partial charge in [0.25, 0.3) is 0 Å². The second-order valence-corrected chi connectivity index (χ2v) is 6.96. The van der Waals surface area contributed by atoms with Gasteiger partial charge in [-0.05, 0) is 49.4 Å². The highest BCUT2D eigenvalue weighted by Crippen LogP contribution is 2.39. The van der Waals surface area contributed by atoms with Crippen molar-refractivity contribution in [2.24, 2.45) is 0 Å². The van der Waals surface area contributed by atoms with Crippen molar-refractivity contribution in [3.63, 3.8) is 0 Å². The van der Waals surface area contributed by atoms with Crippen LogP contribution in [0.25, 0.3) is 0 Å². The number of benzene rings is 1.